The molecule has 0 radical (unpaired) electrons. The van der Waals surface area contributed by atoms with E-state index in [9.17, 15) is 14.3 Å². The SMILES string of the molecule is O=C(O)CC1(c2cc(O)c(F)c(Br)c2)CC1. The lowest BCUT2D eigenvalue weighted by Gasteiger charge is -2.14. The van der Waals surface area contributed by atoms with E-state index in [1.54, 1.807) is 6.07 Å². The lowest BCUT2D eigenvalue weighted by Crippen LogP contribution is -2.13. The molecule has 1 fully saturated rings. The predicted molar refractivity (Wildman–Crippen MR) is 58.9 cm³/mol. The summed E-state index contributed by atoms with van der Waals surface area (Å²) in [6.07, 6.45) is 1.54. The third-order valence-corrected chi connectivity index (χ3v) is 3.54. The van der Waals surface area contributed by atoms with E-state index in [0.29, 0.717) is 5.56 Å². The van der Waals surface area contributed by atoms with Gasteiger partial charge < -0.3 is 10.2 Å². The molecule has 0 spiro atoms. The van der Waals surface area contributed by atoms with Crippen molar-refractivity contribution in [2.75, 3.05) is 0 Å². The van der Waals surface area contributed by atoms with E-state index in [4.69, 9.17) is 5.11 Å². The van der Waals surface area contributed by atoms with Gasteiger partial charge in [-0.25, -0.2) is 4.39 Å². The van der Waals surface area contributed by atoms with Crippen molar-refractivity contribution in [1.82, 2.24) is 0 Å². The molecule has 5 heteroatoms. The minimum Gasteiger partial charge on any atom is -0.505 e. The molecule has 16 heavy (non-hydrogen) atoms. The van der Waals surface area contributed by atoms with Crippen LogP contribution in [0.15, 0.2) is 16.6 Å². The highest BCUT2D eigenvalue weighted by Gasteiger charge is 2.46. The van der Waals surface area contributed by atoms with Gasteiger partial charge in [0.2, 0.25) is 0 Å². The minimum absolute atomic E-state index is 0.0184. The zero-order chi connectivity index (χ0) is 11.9. The van der Waals surface area contributed by atoms with Crippen LogP contribution in [0.25, 0.3) is 0 Å². The maximum atomic E-state index is 13.2. The third-order valence-electron chi connectivity index (χ3n) is 2.96. The van der Waals surface area contributed by atoms with E-state index in [1.807, 2.05) is 0 Å². The highest BCUT2D eigenvalue weighted by Crippen LogP contribution is 2.52. The number of aliphatic carboxylic acids is 1. The topological polar surface area (TPSA) is 57.5 Å². The zero-order valence-corrected chi connectivity index (χ0v) is 9.92. The fourth-order valence-electron chi connectivity index (χ4n) is 1.89. The number of hydrogen-bond donors (Lipinski definition) is 2. The fourth-order valence-corrected chi connectivity index (χ4v) is 2.34. The molecule has 1 aliphatic rings. The van der Waals surface area contributed by atoms with Gasteiger partial charge in [-0.1, -0.05) is 0 Å². The second-order valence-electron chi connectivity index (χ2n) is 4.14. The standard InChI is InChI=1S/C11H10BrFO3/c12-7-3-6(4-8(14)10(7)13)11(1-2-11)5-9(15)16/h3-4,14H,1-2,5H2,(H,15,16). The number of carbonyl (C=O) groups is 1. The molecule has 0 heterocycles. The molecule has 0 amide bonds. The van der Waals surface area contributed by atoms with Crippen molar-refractivity contribution in [3.05, 3.63) is 28.0 Å². The van der Waals surface area contributed by atoms with E-state index in [0.717, 1.165) is 12.8 Å². The molecule has 2 rings (SSSR count). The van der Waals surface area contributed by atoms with Gasteiger partial charge in [0, 0.05) is 5.41 Å². The first-order chi connectivity index (χ1) is 7.44. The number of halogens is 2. The van der Waals surface area contributed by atoms with Gasteiger partial charge in [-0.15, -0.1) is 0 Å². The van der Waals surface area contributed by atoms with Gasteiger partial charge >= 0.3 is 5.97 Å². The van der Waals surface area contributed by atoms with Crippen molar-refractivity contribution in [1.29, 1.82) is 0 Å². The maximum Gasteiger partial charge on any atom is 0.304 e. The normalized spacial score (nSPS) is 17.1. The summed E-state index contributed by atoms with van der Waals surface area (Å²) in [5.74, 6) is -2.03. The summed E-state index contributed by atoms with van der Waals surface area (Å²) in [5, 5.41) is 18.1. The van der Waals surface area contributed by atoms with Crippen LogP contribution < -0.4 is 0 Å². The van der Waals surface area contributed by atoms with E-state index < -0.39 is 23.0 Å². The molecular weight excluding hydrogens is 279 g/mol. The van der Waals surface area contributed by atoms with Gasteiger partial charge in [0.1, 0.15) is 0 Å². The van der Waals surface area contributed by atoms with E-state index in [-0.39, 0.29) is 10.9 Å². The molecule has 0 saturated heterocycles. The number of benzene rings is 1. The zero-order valence-electron chi connectivity index (χ0n) is 8.33. The lowest BCUT2D eigenvalue weighted by molar-refractivity contribution is -0.137. The number of phenolic OH excluding ortho intramolecular Hbond substituents is 1. The van der Waals surface area contributed by atoms with Crippen LogP contribution in [0.1, 0.15) is 24.8 Å². The Morgan fingerprint density at radius 1 is 1.50 bits per heavy atom. The largest absolute Gasteiger partial charge is 0.505 e. The van der Waals surface area contributed by atoms with E-state index in [2.05, 4.69) is 15.9 Å². The molecule has 1 aromatic rings. The molecule has 1 saturated carbocycles. The van der Waals surface area contributed by atoms with E-state index in [1.165, 1.54) is 6.07 Å². The molecule has 0 atom stereocenters. The summed E-state index contributed by atoms with van der Waals surface area (Å²) in [4.78, 5) is 10.7. The summed E-state index contributed by atoms with van der Waals surface area (Å²) >= 11 is 3.00. The molecule has 0 bridgehead atoms. The highest BCUT2D eigenvalue weighted by molar-refractivity contribution is 9.10. The van der Waals surface area contributed by atoms with Gasteiger partial charge in [-0.05, 0) is 46.5 Å². The summed E-state index contributed by atoms with van der Waals surface area (Å²) in [5.41, 5.74) is 0.264. The van der Waals surface area contributed by atoms with Gasteiger partial charge in [0.25, 0.3) is 0 Å². The Hall–Kier alpha value is -1.10. The molecule has 0 unspecified atom stereocenters. The van der Waals surface area contributed by atoms with Crippen molar-refractivity contribution in [2.45, 2.75) is 24.7 Å². The quantitative estimate of drug-likeness (QED) is 0.899. The molecule has 1 aromatic carbocycles. The number of aromatic hydroxyl groups is 1. The summed E-state index contributed by atoms with van der Waals surface area (Å²) < 4.78 is 13.3. The van der Waals surface area contributed by atoms with Crippen molar-refractivity contribution >= 4 is 21.9 Å². The molecular formula is C11H10BrFO3. The second-order valence-corrected chi connectivity index (χ2v) is 5.00. The first kappa shape index (κ1) is 11.4. The van der Waals surface area contributed by atoms with Crippen molar-refractivity contribution in [2.24, 2.45) is 0 Å². The van der Waals surface area contributed by atoms with Crippen molar-refractivity contribution in [3.8, 4) is 5.75 Å². The van der Waals surface area contributed by atoms with Gasteiger partial charge in [-0.2, -0.15) is 0 Å². The molecule has 0 aliphatic heterocycles. The number of rotatable bonds is 3. The maximum absolute atomic E-state index is 13.2. The summed E-state index contributed by atoms with van der Waals surface area (Å²) in [7, 11) is 0. The predicted octanol–water partition coefficient (Wildman–Crippen LogP) is 2.80. The van der Waals surface area contributed by atoms with Crippen LogP contribution in [0.3, 0.4) is 0 Å². The van der Waals surface area contributed by atoms with Crippen molar-refractivity contribution < 1.29 is 19.4 Å². The minimum atomic E-state index is -0.877. The van der Waals surface area contributed by atoms with Crippen LogP contribution in [-0.4, -0.2) is 16.2 Å². The Kier molecular flexibility index (Phi) is 2.66. The summed E-state index contributed by atoms with van der Waals surface area (Å²) in [6, 6.07) is 2.86. The van der Waals surface area contributed by atoms with Crippen LogP contribution >= 0.6 is 15.9 Å². The van der Waals surface area contributed by atoms with Gasteiger partial charge in [0.05, 0.1) is 10.9 Å². The Bertz CT molecular complexity index is 432. The average molecular weight is 289 g/mol. The van der Waals surface area contributed by atoms with Crippen LogP contribution in [0, 0.1) is 5.82 Å². The molecule has 2 N–H and O–H groups in total. The first-order valence-corrected chi connectivity index (χ1v) is 5.64. The Labute approximate surface area is 100 Å². The van der Waals surface area contributed by atoms with Crippen LogP contribution in [0.4, 0.5) is 4.39 Å². The monoisotopic (exact) mass is 288 g/mol. The van der Waals surface area contributed by atoms with E-state index >= 15 is 0 Å². The van der Waals surface area contributed by atoms with Gasteiger partial charge in [-0.3, -0.25) is 4.79 Å². The lowest BCUT2D eigenvalue weighted by atomic mass is 9.92. The molecule has 0 aromatic heterocycles. The van der Waals surface area contributed by atoms with Crippen LogP contribution in [0.5, 0.6) is 5.75 Å². The average Bonchev–Trinajstić information content (AvgIpc) is 2.93. The number of carboxylic acid groups (broad SMARTS) is 1. The third kappa shape index (κ3) is 1.91. The van der Waals surface area contributed by atoms with Gasteiger partial charge in [0.15, 0.2) is 11.6 Å². The van der Waals surface area contributed by atoms with Crippen LogP contribution in [0.2, 0.25) is 0 Å². The Balaban J connectivity index is 2.38. The smallest absolute Gasteiger partial charge is 0.304 e. The number of phenols is 1. The summed E-state index contributed by atoms with van der Waals surface area (Å²) in [6.45, 7) is 0. The molecule has 3 nitrogen and oxygen atoms in total. The number of carboxylic acids is 1. The number of hydrogen-bond acceptors (Lipinski definition) is 2. The first-order valence-electron chi connectivity index (χ1n) is 4.85. The fraction of sp³-hybridized carbons (Fsp3) is 0.364. The molecule has 86 valence electrons. The Morgan fingerprint density at radius 3 is 2.56 bits per heavy atom. The van der Waals surface area contributed by atoms with Crippen LogP contribution in [-0.2, 0) is 10.2 Å². The highest BCUT2D eigenvalue weighted by atomic mass is 79.9. The molecule has 1 aliphatic carbocycles. The second kappa shape index (κ2) is 3.73. The Morgan fingerprint density at radius 2 is 2.12 bits per heavy atom. The van der Waals surface area contributed by atoms with Crippen molar-refractivity contribution in [3.63, 3.8) is 0 Å².